The number of carbonyl (C=O) groups excluding carboxylic acids is 4. The highest BCUT2D eigenvalue weighted by molar-refractivity contribution is 6.10. The van der Waals surface area contributed by atoms with Crippen molar-refractivity contribution in [1.29, 1.82) is 0 Å². The van der Waals surface area contributed by atoms with Crippen LogP contribution in [0.1, 0.15) is 12.0 Å². The topological polar surface area (TPSA) is 96.0 Å². The monoisotopic (exact) mass is 407 g/mol. The van der Waals surface area contributed by atoms with Crippen molar-refractivity contribution in [2.45, 2.75) is 13.0 Å². The smallest absolute Gasteiger partial charge is 0.311 e. The van der Waals surface area contributed by atoms with E-state index in [1.165, 1.54) is 4.90 Å². The van der Waals surface area contributed by atoms with Gasteiger partial charge in [0.2, 0.25) is 11.8 Å². The predicted molar refractivity (Wildman–Crippen MR) is 108 cm³/mol. The van der Waals surface area contributed by atoms with Crippen LogP contribution < -0.4 is 10.2 Å². The maximum Gasteiger partial charge on any atom is 0.311 e. The summed E-state index contributed by atoms with van der Waals surface area (Å²) in [5.41, 5.74) is 2.08. The lowest BCUT2D eigenvalue weighted by atomic mass is 10.1. The summed E-state index contributed by atoms with van der Waals surface area (Å²) < 4.78 is 5.20. The third-order valence-electron chi connectivity index (χ3n) is 5.17. The van der Waals surface area contributed by atoms with Gasteiger partial charge in [0, 0.05) is 19.5 Å². The van der Waals surface area contributed by atoms with E-state index in [1.807, 2.05) is 30.3 Å². The largest absolute Gasteiger partial charge is 0.455 e. The molecule has 2 heterocycles. The Hall–Kier alpha value is -3.68. The number of nitrogens with one attached hydrogen (secondary N) is 1. The van der Waals surface area contributed by atoms with E-state index in [9.17, 15) is 19.2 Å². The van der Waals surface area contributed by atoms with Crippen molar-refractivity contribution in [2.24, 2.45) is 5.92 Å². The number of likely N-dealkylation sites (tertiary alicyclic amines) is 1. The van der Waals surface area contributed by atoms with Gasteiger partial charge in [0.1, 0.15) is 6.54 Å². The molecule has 1 saturated heterocycles. The standard InChI is InChI=1S/C22H21N3O5/c26-19-13-25(18-9-5-4-8-17(18)23-19)21(28)14-30-22(29)16-10-20(27)24(12-16)11-15-6-2-1-3-7-15/h1-9,16H,10-14H2,(H,23,26)/t16-/m1/s1. The lowest BCUT2D eigenvalue weighted by Gasteiger charge is -2.29. The summed E-state index contributed by atoms with van der Waals surface area (Å²) in [4.78, 5) is 52.0. The molecule has 0 radical (unpaired) electrons. The molecule has 2 aromatic rings. The highest BCUT2D eigenvalue weighted by Gasteiger charge is 2.36. The van der Waals surface area contributed by atoms with Gasteiger partial charge in [-0.3, -0.25) is 24.1 Å². The molecule has 8 nitrogen and oxygen atoms in total. The average Bonchev–Trinajstić information content (AvgIpc) is 3.12. The van der Waals surface area contributed by atoms with Gasteiger partial charge < -0.3 is 15.0 Å². The number of carbonyl (C=O) groups is 4. The second-order valence-corrected chi connectivity index (χ2v) is 7.31. The molecule has 1 fully saturated rings. The highest BCUT2D eigenvalue weighted by atomic mass is 16.5. The number of fused-ring (bicyclic) bond motifs is 1. The summed E-state index contributed by atoms with van der Waals surface area (Å²) in [5.74, 6) is -2.11. The molecule has 0 unspecified atom stereocenters. The van der Waals surface area contributed by atoms with Crippen LogP contribution in [0.15, 0.2) is 54.6 Å². The van der Waals surface area contributed by atoms with Crippen LogP contribution in [0.2, 0.25) is 0 Å². The molecule has 8 heteroatoms. The van der Waals surface area contributed by atoms with Crippen LogP contribution in [0, 0.1) is 5.92 Å². The number of hydrogen-bond acceptors (Lipinski definition) is 5. The van der Waals surface area contributed by atoms with Crippen molar-refractivity contribution in [3.8, 4) is 0 Å². The molecule has 2 aliphatic rings. The van der Waals surface area contributed by atoms with Crippen LogP contribution in [0.5, 0.6) is 0 Å². The van der Waals surface area contributed by atoms with E-state index in [1.54, 1.807) is 29.2 Å². The second kappa shape index (κ2) is 8.36. The van der Waals surface area contributed by atoms with Gasteiger partial charge in [-0.1, -0.05) is 42.5 Å². The highest BCUT2D eigenvalue weighted by Crippen LogP contribution is 2.29. The Morgan fingerprint density at radius 1 is 1.03 bits per heavy atom. The predicted octanol–water partition coefficient (Wildman–Crippen LogP) is 1.56. The summed E-state index contributed by atoms with van der Waals surface area (Å²) in [6.45, 7) is 0.0712. The van der Waals surface area contributed by atoms with E-state index in [2.05, 4.69) is 5.32 Å². The van der Waals surface area contributed by atoms with Crippen molar-refractivity contribution < 1.29 is 23.9 Å². The molecule has 30 heavy (non-hydrogen) atoms. The fourth-order valence-electron chi connectivity index (χ4n) is 3.67. The number of ether oxygens (including phenoxy) is 1. The zero-order valence-electron chi connectivity index (χ0n) is 16.2. The van der Waals surface area contributed by atoms with Gasteiger partial charge in [0.15, 0.2) is 6.61 Å². The first-order chi connectivity index (χ1) is 14.5. The molecule has 1 atom stereocenters. The molecule has 154 valence electrons. The van der Waals surface area contributed by atoms with Gasteiger partial charge in [-0.15, -0.1) is 0 Å². The minimum absolute atomic E-state index is 0.0643. The van der Waals surface area contributed by atoms with Crippen LogP contribution in [0.4, 0.5) is 11.4 Å². The van der Waals surface area contributed by atoms with E-state index in [0.29, 0.717) is 17.9 Å². The molecule has 3 amide bonds. The number of para-hydroxylation sites is 2. The van der Waals surface area contributed by atoms with Crippen LogP contribution in [0.3, 0.4) is 0 Å². The molecule has 4 rings (SSSR count). The molecular formula is C22H21N3O5. The lowest BCUT2D eigenvalue weighted by molar-refractivity contribution is -0.151. The van der Waals surface area contributed by atoms with Gasteiger partial charge in [-0.2, -0.15) is 0 Å². The van der Waals surface area contributed by atoms with Crippen LogP contribution in [-0.2, 0) is 30.5 Å². The first kappa shape index (κ1) is 19.6. The van der Waals surface area contributed by atoms with Crippen molar-refractivity contribution in [3.63, 3.8) is 0 Å². The number of amides is 3. The van der Waals surface area contributed by atoms with Gasteiger partial charge >= 0.3 is 5.97 Å². The van der Waals surface area contributed by atoms with Crippen molar-refractivity contribution >= 4 is 35.1 Å². The normalized spacial score (nSPS) is 18.1. The van der Waals surface area contributed by atoms with Crippen molar-refractivity contribution in [2.75, 3.05) is 29.9 Å². The summed E-state index contributed by atoms with van der Waals surface area (Å²) in [7, 11) is 0. The average molecular weight is 407 g/mol. The van der Waals surface area contributed by atoms with Crippen LogP contribution in [0.25, 0.3) is 0 Å². The van der Waals surface area contributed by atoms with E-state index in [4.69, 9.17) is 4.74 Å². The molecule has 0 saturated carbocycles. The Labute approximate surface area is 173 Å². The zero-order valence-corrected chi connectivity index (χ0v) is 16.2. The van der Waals surface area contributed by atoms with Crippen molar-refractivity contribution in [1.82, 2.24) is 4.90 Å². The third kappa shape index (κ3) is 4.17. The van der Waals surface area contributed by atoms with E-state index >= 15 is 0 Å². The minimum Gasteiger partial charge on any atom is -0.455 e. The maximum absolute atomic E-state index is 12.6. The Morgan fingerprint density at radius 2 is 1.77 bits per heavy atom. The number of esters is 1. The molecule has 1 N–H and O–H groups in total. The summed E-state index contributed by atoms with van der Waals surface area (Å²) in [6, 6.07) is 16.5. The fraction of sp³-hybridized carbons (Fsp3) is 0.273. The fourth-order valence-corrected chi connectivity index (χ4v) is 3.67. The molecule has 0 aliphatic carbocycles. The zero-order chi connectivity index (χ0) is 21.1. The Kier molecular flexibility index (Phi) is 5.47. The Balaban J connectivity index is 1.33. The SMILES string of the molecule is O=C1CN(C(=O)COC(=O)[C@@H]2CC(=O)N(Cc3ccccc3)C2)c2ccccc2N1. The molecule has 2 aliphatic heterocycles. The first-order valence-electron chi connectivity index (χ1n) is 9.69. The maximum atomic E-state index is 12.6. The molecule has 2 aromatic carbocycles. The van der Waals surface area contributed by atoms with Gasteiger partial charge in [0.25, 0.3) is 5.91 Å². The van der Waals surface area contributed by atoms with Crippen LogP contribution >= 0.6 is 0 Å². The quantitative estimate of drug-likeness (QED) is 0.759. The first-order valence-corrected chi connectivity index (χ1v) is 9.69. The molecule has 0 bridgehead atoms. The Bertz CT molecular complexity index is 991. The van der Waals surface area contributed by atoms with E-state index in [0.717, 1.165) is 5.56 Å². The number of benzene rings is 2. The lowest BCUT2D eigenvalue weighted by Crippen LogP contribution is -2.44. The molecule has 0 spiro atoms. The van der Waals surface area contributed by atoms with E-state index < -0.39 is 24.4 Å². The minimum atomic E-state index is -0.606. The Morgan fingerprint density at radius 3 is 2.57 bits per heavy atom. The summed E-state index contributed by atoms with van der Waals surface area (Å²) in [6.07, 6.45) is 0.0643. The van der Waals surface area contributed by atoms with Crippen molar-refractivity contribution in [3.05, 3.63) is 60.2 Å². The number of nitrogens with zero attached hydrogens (tertiary/aromatic N) is 2. The van der Waals surface area contributed by atoms with Gasteiger partial charge in [-0.25, -0.2) is 0 Å². The number of hydrogen-bond donors (Lipinski definition) is 1. The second-order valence-electron chi connectivity index (χ2n) is 7.31. The van der Waals surface area contributed by atoms with Gasteiger partial charge in [0.05, 0.1) is 17.3 Å². The summed E-state index contributed by atoms with van der Waals surface area (Å²) in [5, 5.41) is 2.70. The number of anilines is 2. The van der Waals surface area contributed by atoms with Gasteiger partial charge in [-0.05, 0) is 17.7 Å². The van der Waals surface area contributed by atoms with E-state index in [-0.39, 0.29) is 31.3 Å². The van der Waals surface area contributed by atoms with Crippen LogP contribution in [-0.4, -0.2) is 48.3 Å². The number of rotatable bonds is 5. The molecule has 0 aromatic heterocycles. The summed E-state index contributed by atoms with van der Waals surface area (Å²) >= 11 is 0. The molecular weight excluding hydrogens is 386 g/mol. The third-order valence-corrected chi connectivity index (χ3v) is 5.17.